The standard InChI is InChI=1S/C14H22ClNO/c1-2-9-16-12(10-11-5-3-4-6-11)13-7-8-14(15)17-13/h7-8,11-12,16H,2-6,9-10H2,1H3. The molecule has 1 aromatic rings. The summed E-state index contributed by atoms with van der Waals surface area (Å²) in [5.74, 6) is 1.85. The second-order valence-electron chi connectivity index (χ2n) is 5.03. The third-order valence-corrected chi connectivity index (χ3v) is 3.83. The molecule has 1 heterocycles. The molecule has 0 aliphatic heterocycles. The van der Waals surface area contributed by atoms with Gasteiger partial charge in [-0.3, -0.25) is 0 Å². The lowest BCUT2D eigenvalue weighted by Gasteiger charge is -2.19. The predicted octanol–water partition coefficient (Wildman–Crippen LogP) is 4.55. The van der Waals surface area contributed by atoms with Crippen molar-refractivity contribution >= 4 is 11.6 Å². The summed E-state index contributed by atoms with van der Waals surface area (Å²) >= 11 is 5.86. The summed E-state index contributed by atoms with van der Waals surface area (Å²) in [6.45, 7) is 3.23. The highest BCUT2D eigenvalue weighted by molar-refractivity contribution is 6.28. The lowest BCUT2D eigenvalue weighted by molar-refractivity contribution is 0.343. The van der Waals surface area contributed by atoms with Crippen LogP contribution in [-0.4, -0.2) is 6.54 Å². The lowest BCUT2D eigenvalue weighted by atomic mass is 9.97. The van der Waals surface area contributed by atoms with Gasteiger partial charge in [-0.15, -0.1) is 0 Å². The van der Waals surface area contributed by atoms with E-state index in [9.17, 15) is 0 Å². The Balaban J connectivity index is 1.96. The predicted molar refractivity (Wildman–Crippen MR) is 71.3 cm³/mol. The molecule has 1 saturated carbocycles. The van der Waals surface area contributed by atoms with E-state index in [1.54, 1.807) is 0 Å². The van der Waals surface area contributed by atoms with Crippen LogP contribution in [0.25, 0.3) is 0 Å². The highest BCUT2D eigenvalue weighted by Crippen LogP contribution is 2.33. The fourth-order valence-corrected chi connectivity index (χ4v) is 2.87. The van der Waals surface area contributed by atoms with Crippen molar-refractivity contribution < 1.29 is 4.42 Å². The zero-order valence-electron chi connectivity index (χ0n) is 10.5. The topological polar surface area (TPSA) is 25.2 Å². The molecular formula is C14H22ClNO. The molecule has 1 N–H and O–H groups in total. The SMILES string of the molecule is CCCNC(CC1CCCC1)c1ccc(Cl)o1. The highest BCUT2D eigenvalue weighted by Gasteiger charge is 2.22. The molecule has 3 heteroatoms. The smallest absolute Gasteiger partial charge is 0.193 e. The molecule has 1 unspecified atom stereocenters. The molecule has 0 aromatic carbocycles. The number of rotatable bonds is 6. The molecule has 96 valence electrons. The van der Waals surface area contributed by atoms with Gasteiger partial charge in [0.2, 0.25) is 0 Å². The molecule has 1 aliphatic rings. The van der Waals surface area contributed by atoms with Crippen molar-refractivity contribution in [2.24, 2.45) is 5.92 Å². The summed E-state index contributed by atoms with van der Waals surface area (Å²) in [7, 11) is 0. The maximum Gasteiger partial charge on any atom is 0.193 e. The van der Waals surface area contributed by atoms with Gasteiger partial charge in [0, 0.05) is 0 Å². The van der Waals surface area contributed by atoms with Crippen LogP contribution < -0.4 is 5.32 Å². The van der Waals surface area contributed by atoms with Crippen LogP contribution in [-0.2, 0) is 0 Å². The van der Waals surface area contributed by atoms with E-state index >= 15 is 0 Å². The van der Waals surface area contributed by atoms with Crippen LogP contribution in [0.5, 0.6) is 0 Å². The van der Waals surface area contributed by atoms with E-state index in [1.807, 2.05) is 12.1 Å². The van der Waals surface area contributed by atoms with Gasteiger partial charge in [-0.25, -0.2) is 0 Å². The average molecular weight is 256 g/mol. The molecule has 1 aromatic heterocycles. The second kappa shape index (κ2) is 6.46. The molecule has 1 fully saturated rings. The summed E-state index contributed by atoms with van der Waals surface area (Å²) < 4.78 is 5.56. The van der Waals surface area contributed by atoms with Gasteiger partial charge >= 0.3 is 0 Å². The molecule has 2 rings (SSSR count). The minimum atomic E-state index is 0.338. The maximum absolute atomic E-state index is 5.86. The first kappa shape index (κ1) is 13.0. The van der Waals surface area contributed by atoms with E-state index in [4.69, 9.17) is 16.0 Å². The first-order valence-electron chi connectivity index (χ1n) is 6.78. The number of furan rings is 1. The van der Waals surface area contributed by atoms with Gasteiger partial charge in [-0.05, 0) is 49.0 Å². The molecule has 0 bridgehead atoms. The minimum absolute atomic E-state index is 0.338. The van der Waals surface area contributed by atoms with Crippen molar-refractivity contribution in [3.05, 3.63) is 23.1 Å². The van der Waals surface area contributed by atoms with Crippen LogP contribution in [0, 0.1) is 5.92 Å². The molecule has 0 spiro atoms. The van der Waals surface area contributed by atoms with E-state index in [-0.39, 0.29) is 0 Å². The van der Waals surface area contributed by atoms with Crippen molar-refractivity contribution in [3.8, 4) is 0 Å². The number of hydrogen-bond donors (Lipinski definition) is 1. The molecule has 17 heavy (non-hydrogen) atoms. The largest absolute Gasteiger partial charge is 0.448 e. The molecule has 2 nitrogen and oxygen atoms in total. The zero-order chi connectivity index (χ0) is 12.1. The van der Waals surface area contributed by atoms with Gasteiger partial charge in [0.1, 0.15) is 5.76 Å². The van der Waals surface area contributed by atoms with Crippen molar-refractivity contribution in [1.29, 1.82) is 0 Å². The quantitative estimate of drug-likeness (QED) is 0.807. The molecule has 0 radical (unpaired) electrons. The average Bonchev–Trinajstić information content (AvgIpc) is 2.95. The van der Waals surface area contributed by atoms with Gasteiger partial charge in [0.25, 0.3) is 0 Å². The third kappa shape index (κ3) is 3.75. The van der Waals surface area contributed by atoms with Crippen LogP contribution in [0.4, 0.5) is 0 Å². The Kier molecular flexibility index (Phi) is 4.93. The normalized spacial score (nSPS) is 18.7. The van der Waals surface area contributed by atoms with Crippen LogP contribution >= 0.6 is 11.6 Å². The van der Waals surface area contributed by atoms with E-state index in [2.05, 4.69) is 12.2 Å². The molecular weight excluding hydrogens is 234 g/mol. The van der Waals surface area contributed by atoms with Gasteiger partial charge in [0.05, 0.1) is 6.04 Å². The van der Waals surface area contributed by atoms with E-state index in [0.29, 0.717) is 11.3 Å². The summed E-state index contributed by atoms with van der Waals surface area (Å²) in [5, 5.41) is 4.07. The minimum Gasteiger partial charge on any atom is -0.448 e. The van der Waals surface area contributed by atoms with E-state index < -0.39 is 0 Å². The van der Waals surface area contributed by atoms with Crippen LogP contribution in [0.1, 0.15) is 57.3 Å². The molecule has 1 aliphatic carbocycles. The van der Waals surface area contributed by atoms with Crippen LogP contribution in [0.3, 0.4) is 0 Å². The maximum atomic E-state index is 5.86. The van der Waals surface area contributed by atoms with Crippen molar-refractivity contribution in [1.82, 2.24) is 5.32 Å². The van der Waals surface area contributed by atoms with Crippen LogP contribution in [0.15, 0.2) is 16.5 Å². The fourth-order valence-electron chi connectivity index (χ4n) is 2.71. The summed E-state index contributed by atoms with van der Waals surface area (Å²) in [6.07, 6.45) is 7.87. The lowest BCUT2D eigenvalue weighted by Crippen LogP contribution is -2.23. The third-order valence-electron chi connectivity index (χ3n) is 3.62. The Morgan fingerprint density at radius 1 is 1.41 bits per heavy atom. The van der Waals surface area contributed by atoms with E-state index in [0.717, 1.165) is 24.6 Å². The van der Waals surface area contributed by atoms with Crippen molar-refractivity contribution in [3.63, 3.8) is 0 Å². The molecule has 0 saturated heterocycles. The van der Waals surface area contributed by atoms with Crippen molar-refractivity contribution in [2.75, 3.05) is 6.54 Å². The highest BCUT2D eigenvalue weighted by atomic mass is 35.5. The van der Waals surface area contributed by atoms with Gasteiger partial charge in [-0.2, -0.15) is 0 Å². The number of nitrogens with one attached hydrogen (secondary N) is 1. The Bertz CT molecular complexity index is 331. The van der Waals surface area contributed by atoms with Gasteiger partial charge < -0.3 is 9.73 Å². The Morgan fingerprint density at radius 3 is 2.76 bits per heavy atom. The monoisotopic (exact) mass is 255 g/mol. The first-order valence-corrected chi connectivity index (χ1v) is 7.16. The van der Waals surface area contributed by atoms with Gasteiger partial charge in [0.15, 0.2) is 5.22 Å². The summed E-state index contributed by atoms with van der Waals surface area (Å²) in [4.78, 5) is 0. The number of halogens is 1. The number of hydrogen-bond acceptors (Lipinski definition) is 2. The summed E-state index contributed by atoms with van der Waals surface area (Å²) in [5.41, 5.74) is 0. The Labute approximate surface area is 109 Å². The molecule has 1 atom stereocenters. The first-order chi connectivity index (χ1) is 8.29. The van der Waals surface area contributed by atoms with Crippen LogP contribution in [0.2, 0.25) is 5.22 Å². The summed E-state index contributed by atoms with van der Waals surface area (Å²) in [6, 6.07) is 4.18. The fraction of sp³-hybridized carbons (Fsp3) is 0.714. The van der Waals surface area contributed by atoms with Gasteiger partial charge in [-0.1, -0.05) is 32.6 Å². The zero-order valence-corrected chi connectivity index (χ0v) is 11.3. The van der Waals surface area contributed by atoms with Crippen molar-refractivity contribution in [2.45, 2.75) is 51.5 Å². The van der Waals surface area contributed by atoms with E-state index in [1.165, 1.54) is 32.1 Å². The molecule has 0 amide bonds. The Morgan fingerprint density at radius 2 is 2.18 bits per heavy atom. The Hall–Kier alpha value is -0.470. The second-order valence-corrected chi connectivity index (χ2v) is 5.41.